The smallest absolute Gasteiger partial charge is 0.257 e. The molecule has 3 heteroatoms. The lowest BCUT2D eigenvalue weighted by molar-refractivity contribution is -0.135. The second-order valence-corrected chi connectivity index (χ2v) is 4.10. The quantitative estimate of drug-likeness (QED) is 0.731. The number of benzene rings is 1. The summed E-state index contributed by atoms with van der Waals surface area (Å²) in [5, 5.41) is 0. The van der Waals surface area contributed by atoms with Crippen molar-refractivity contribution in [2.75, 3.05) is 0 Å². The third-order valence-corrected chi connectivity index (χ3v) is 1.69. The van der Waals surface area contributed by atoms with Crippen LogP contribution >= 0.6 is 0 Å². The average Bonchev–Trinajstić information content (AvgIpc) is 2.14. The number of rotatable bonds is 2. The van der Waals surface area contributed by atoms with Crippen LogP contribution in [0.5, 0.6) is 5.75 Å². The molecule has 1 aromatic carbocycles. The molecule has 0 atom stereocenters. The van der Waals surface area contributed by atoms with Gasteiger partial charge in [-0.2, -0.15) is 5.48 Å². The minimum absolute atomic E-state index is 0.138. The number of carbonyl (C=O) groups excluding carboxylic acids is 1. The van der Waals surface area contributed by atoms with Gasteiger partial charge in [0.1, 0.15) is 0 Å². The summed E-state index contributed by atoms with van der Waals surface area (Å²) in [5.74, 6) is 0.492. The van der Waals surface area contributed by atoms with Gasteiger partial charge in [-0.15, -0.1) is 0 Å². The van der Waals surface area contributed by atoms with E-state index in [1.807, 2.05) is 39.0 Å². The molecule has 1 aromatic rings. The zero-order valence-electron chi connectivity index (χ0n) is 8.70. The highest BCUT2D eigenvalue weighted by molar-refractivity contribution is 5.80. The highest BCUT2D eigenvalue weighted by Crippen LogP contribution is 2.13. The number of amides is 1. The van der Waals surface area contributed by atoms with Crippen molar-refractivity contribution in [2.45, 2.75) is 20.8 Å². The SMILES string of the molecule is CC(C)(C)C(=O)NOc1ccccc1. The number of hydrogen-bond acceptors (Lipinski definition) is 2. The predicted octanol–water partition coefficient (Wildman–Crippen LogP) is 2.14. The molecule has 0 unspecified atom stereocenters. The minimum atomic E-state index is -0.436. The van der Waals surface area contributed by atoms with E-state index in [9.17, 15) is 4.79 Å². The topological polar surface area (TPSA) is 38.3 Å². The first kappa shape index (κ1) is 10.6. The van der Waals surface area contributed by atoms with Crippen molar-refractivity contribution in [3.05, 3.63) is 30.3 Å². The lowest BCUT2D eigenvalue weighted by Crippen LogP contribution is -2.36. The van der Waals surface area contributed by atoms with Crippen LogP contribution in [-0.4, -0.2) is 5.91 Å². The molecule has 14 heavy (non-hydrogen) atoms. The average molecular weight is 193 g/mol. The molecule has 0 fully saturated rings. The van der Waals surface area contributed by atoms with Gasteiger partial charge in [0.05, 0.1) is 0 Å². The third-order valence-electron chi connectivity index (χ3n) is 1.69. The zero-order valence-corrected chi connectivity index (χ0v) is 8.70. The van der Waals surface area contributed by atoms with E-state index in [0.29, 0.717) is 5.75 Å². The minimum Gasteiger partial charge on any atom is -0.380 e. The van der Waals surface area contributed by atoms with Crippen LogP contribution in [-0.2, 0) is 4.79 Å². The Morgan fingerprint density at radius 3 is 2.29 bits per heavy atom. The lowest BCUT2D eigenvalue weighted by Gasteiger charge is -2.17. The molecule has 0 aliphatic carbocycles. The molecule has 0 aliphatic rings. The Morgan fingerprint density at radius 1 is 1.21 bits per heavy atom. The molecule has 0 aromatic heterocycles. The molecular formula is C11H15NO2. The van der Waals surface area contributed by atoms with Crippen LogP contribution in [0.4, 0.5) is 0 Å². The first-order valence-electron chi connectivity index (χ1n) is 4.52. The molecule has 3 nitrogen and oxygen atoms in total. The number of nitrogens with one attached hydrogen (secondary N) is 1. The van der Waals surface area contributed by atoms with Crippen LogP contribution in [0.3, 0.4) is 0 Å². The Balaban J connectivity index is 2.46. The summed E-state index contributed by atoms with van der Waals surface area (Å²) in [5.41, 5.74) is 1.96. The second kappa shape index (κ2) is 4.13. The molecular weight excluding hydrogens is 178 g/mol. The van der Waals surface area contributed by atoms with Crippen molar-refractivity contribution in [3.63, 3.8) is 0 Å². The van der Waals surface area contributed by atoms with Gasteiger partial charge in [-0.1, -0.05) is 39.0 Å². The molecule has 0 radical (unpaired) electrons. The fourth-order valence-electron chi connectivity index (χ4n) is 0.747. The van der Waals surface area contributed by atoms with Crippen molar-refractivity contribution in [1.29, 1.82) is 0 Å². The second-order valence-electron chi connectivity index (χ2n) is 4.10. The van der Waals surface area contributed by atoms with E-state index in [1.165, 1.54) is 0 Å². The number of hydroxylamine groups is 1. The molecule has 0 spiro atoms. The van der Waals surface area contributed by atoms with Crippen LogP contribution in [0, 0.1) is 5.41 Å². The van der Waals surface area contributed by atoms with Crippen molar-refractivity contribution >= 4 is 5.91 Å². The number of carbonyl (C=O) groups is 1. The maximum absolute atomic E-state index is 11.4. The molecule has 1 N–H and O–H groups in total. The van der Waals surface area contributed by atoms with Gasteiger partial charge in [-0.25, -0.2) is 0 Å². The van der Waals surface area contributed by atoms with Gasteiger partial charge in [0.2, 0.25) is 0 Å². The fourth-order valence-corrected chi connectivity index (χ4v) is 0.747. The lowest BCUT2D eigenvalue weighted by atomic mass is 9.96. The zero-order chi connectivity index (χ0) is 10.6. The Morgan fingerprint density at radius 2 is 1.79 bits per heavy atom. The van der Waals surface area contributed by atoms with E-state index in [1.54, 1.807) is 12.1 Å². The molecule has 0 saturated carbocycles. The standard InChI is InChI=1S/C11H15NO2/c1-11(2,3)10(13)12-14-9-7-5-4-6-8-9/h4-8H,1-3H3,(H,12,13). The summed E-state index contributed by atoms with van der Waals surface area (Å²) < 4.78 is 0. The number of para-hydroxylation sites is 1. The van der Waals surface area contributed by atoms with Gasteiger partial charge in [0.25, 0.3) is 5.91 Å². The molecule has 0 heterocycles. The summed E-state index contributed by atoms with van der Waals surface area (Å²) in [6, 6.07) is 9.14. The first-order chi connectivity index (χ1) is 6.50. The highest BCUT2D eigenvalue weighted by Gasteiger charge is 2.21. The highest BCUT2D eigenvalue weighted by atomic mass is 16.7. The van der Waals surface area contributed by atoms with Gasteiger partial charge in [0.15, 0.2) is 5.75 Å². The van der Waals surface area contributed by atoms with Crippen LogP contribution in [0.1, 0.15) is 20.8 Å². The monoisotopic (exact) mass is 193 g/mol. The van der Waals surface area contributed by atoms with Gasteiger partial charge in [-0.05, 0) is 12.1 Å². The Bertz CT molecular complexity index is 301. The largest absolute Gasteiger partial charge is 0.380 e. The van der Waals surface area contributed by atoms with E-state index in [0.717, 1.165) is 0 Å². The van der Waals surface area contributed by atoms with Gasteiger partial charge in [0, 0.05) is 5.41 Å². The normalized spacial score (nSPS) is 10.8. The van der Waals surface area contributed by atoms with Crippen LogP contribution in [0.15, 0.2) is 30.3 Å². The molecule has 76 valence electrons. The van der Waals surface area contributed by atoms with Crippen LogP contribution in [0.25, 0.3) is 0 Å². The Hall–Kier alpha value is -1.51. The van der Waals surface area contributed by atoms with Crippen molar-refractivity contribution in [3.8, 4) is 5.75 Å². The van der Waals surface area contributed by atoms with E-state index >= 15 is 0 Å². The summed E-state index contributed by atoms with van der Waals surface area (Å²) in [4.78, 5) is 16.5. The summed E-state index contributed by atoms with van der Waals surface area (Å²) >= 11 is 0. The summed E-state index contributed by atoms with van der Waals surface area (Å²) in [6.45, 7) is 5.49. The van der Waals surface area contributed by atoms with E-state index in [4.69, 9.17) is 4.84 Å². The molecule has 0 saturated heterocycles. The van der Waals surface area contributed by atoms with Gasteiger partial charge in [-0.3, -0.25) is 4.79 Å². The first-order valence-corrected chi connectivity index (χ1v) is 4.52. The van der Waals surface area contributed by atoms with Crippen LogP contribution in [0.2, 0.25) is 0 Å². The fraction of sp³-hybridized carbons (Fsp3) is 0.364. The predicted molar refractivity (Wildman–Crippen MR) is 54.7 cm³/mol. The van der Waals surface area contributed by atoms with E-state index in [2.05, 4.69) is 5.48 Å². The molecule has 0 bridgehead atoms. The third kappa shape index (κ3) is 3.09. The Kier molecular flexibility index (Phi) is 3.12. The molecule has 1 rings (SSSR count). The Labute approximate surface area is 84.0 Å². The molecule has 1 amide bonds. The van der Waals surface area contributed by atoms with Crippen LogP contribution < -0.4 is 10.3 Å². The van der Waals surface area contributed by atoms with Crippen molar-refractivity contribution in [2.24, 2.45) is 5.41 Å². The van der Waals surface area contributed by atoms with Crippen molar-refractivity contribution in [1.82, 2.24) is 5.48 Å². The molecule has 0 aliphatic heterocycles. The van der Waals surface area contributed by atoms with E-state index < -0.39 is 5.41 Å². The summed E-state index contributed by atoms with van der Waals surface area (Å²) in [6.07, 6.45) is 0. The van der Waals surface area contributed by atoms with Gasteiger partial charge < -0.3 is 4.84 Å². The maximum atomic E-state index is 11.4. The van der Waals surface area contributed by atoms with Crippen molar-refractivity contribution < 1.29 is 9.63 Å². The van der Waals surface area contributed by atoms with Gasteiger partial charge >= 0.3 is 0 Å². The van der Waals surface area contributed by atoms with E-state index in [-0.39, 0.29) is 5.91 Å². The maximum Gasteiger partial charge on any atom is 0.257 e. The number of hydrogen-bond donors (Lipinski definition) is 1. The summed E-state index contributed by atoms with van der Waals surface area (Å²) in [7, 11) is 0.